The van der Waals surface area contributed by atoms with Gasteiger partial charge in [0.15, 0.2) is 9.84 Å². The van der Waals surface area contributed by atoms with Crippen LogP contribution in [0.15, 0.2) is 40.1 Å². The Balaban J connectivity index is 1.88. The van der Waals surface area contributed by atoms with Crippen LogP contribution >= 0.6 is 0 Å². The number of hydrogen-bond acceptors (Lipinski definition) is 10. The topological polar surface area (TPSA) is 210 Å². The number of primary sulfonamides is 1. The Morgan fingerprint density at radius 3 is 2.59 bits per heavy atom. The van der Waals surface area contributed by atoms with Crippen molar-refractivity contribution in [2.45, 2.75) is 28.1 Å². The normalized spacial score (nSPS) is 16.9. The van der Waals surface area contributed by atoms with E-state index in [0.29, 0.717) is 41.0 Å². The number of fused-ring (bicyclic) bond motifs is 1. The molecule has 1 aliphatic heterocycles. The van der Waals surface area contributed by atoms with Crippen LogP contribution in [-0.4, -0.2) is 70.9 Å². The van der Waals surface area contributed by atoms with Crippen molar-refractivity contribution in [2.24, 2.45) is 5.14 Å². The number of imidazole rings is 1. The molecule has 5 rings (SSSR count). The maximum absolute atomic E-state index is 13.5. The van der Waals surface area contributed by atoms with Crippen LogP contribution in [0.1, 0.15) is 12.2 Å². The number of aromatic amines is 2. The van der Waals surface area contributed by atoms with Gasteiger partial charge in [0.2, 0.25) is 15.8 Å². The summed E-state index contributed by atoms with van der Waals surface area (Å²) in [5.74, 6) is 0.169. The number of aliphatic hydroxyl groups is 1. The number of nitrogens with two attached hydrogens (primary N) is 1. The lowest BCUT2D eigenvalue weighted by Crippen LogP contribution is -2.27. The van der Waals surface area contributed by atoms with E-state index in [1.165, 1.54) is 12.1 Å². The third-order valence-corrected chi connectivity index (χ3v) is 9.10. The number of aromatic nitrogens is 6. The molecule has 6 N–H and O–H groups in total. The zero-order valence-corrected chi connectivity index (χ0v) is 19.2. The molecule has 0 unspecified atom stereocenters. The van der Waals surface area contributed by atoms with E-state index in [0.717, 1.165) is 0 Å². The first-order valence-corrected chi connectivity index (χ1v) is 13.3. The van der Waals surface area contributed by atoms with E-state index in [1.54, 1.807) is 18.2 Å². The number of benzene rings is 2. The van der Waals surface area contributed by atoms with Gasteiger partial charge in [-0.25, -0.2) is 27.0 Å². The number of tetrazole rings is 1. The molecule has 178 valence electrons. The molecular weight excluding hydrogens is 484 g/mol. The smallest absolute Gasteiger partial charge is 0.240 e. The Morgan fingerprint density at radius 2 is 1.94 bits per heavy atom. The number of para-hydroxylation sites is 1. The van der Waals surface area contributed by atoms with Gasteiger partial charge in [0, 0.05) is 12.1 Å². The van der Waals surface area contributed by atoms with Crippen LogP contribution in [-0.2, 0) is 26.5 Å². The molecule has 0 bridgehead atoms. The average molecular weight is 505 g/mol. The minimum atomic E-state index is -4.57. The van der Waals surface area contributed by atoms with Gasteiger partial charge < -0.3 is 15.4 Å². The number of sulfone groups is 1. The number of sulfonamides is 1. The summed E-state index contributed by atoms with van der Waals surface area (Å²) in [5.41, 5.74) is 1.71. The van der Waals surface area contributed by atoms with Crippen LogP contribution in [0.2, 0.25) is 0 Å². The van der Waals surface area contributed by atoms with Gasteiger partial charge in [-0.05, 0) is 35.9 Å². The number of rotatable bonds is 6. The first kappa shape index (κ1) is 22.5. The van der Waals surface area contributed by atoms with Crippen LogP contribution in [0, 0.1) is 0 Å². The zero-order valence-electron chi connectivity index (χ0n) is 17.6. The Kier molecular flexibility index (Phi) is 5.44. The van der Waals surface area contributed by atoms with Crippen LogP contribution in [0.3, 0.4) is 0 Å². The second kappa shape index (κ2) is 8.21. The van der Waals surface area contributed by atoms with E-state index < -0.39 is 34.9 Å². The molecule has 34 heavy (non-hydrogen) atoms. The van der Waals surface area contributed by atoms with Crippen LogP contribution in [0.25, 0.3) is 33.5 Å². The summed E-state index contributed by atoms with van der Waals surface area (Å²) in [6.45, 7) is 0.364. The number of nitrogens with one attached hydrogen (secondary N) is 3. The van der Waals surface area contributed by atoms with Crippen molar-refractivity contribution >= 4 is 30.9 Å². The molecule has 0 aliphatic carbocycles. The summed E-state index contributed by atoms with van der Waals surface area (Å²) in [5, 5.41) is 30.9. The van der Waals surface area contributed by atoms with Gasteiger partial charge in [-0.3, -0.25) is 0 Å². The Labute approximate surface area is 193 Å². The average Bonchev–Trinajstić information content (AvgIpc) is 3.58. The van der Waals surface area contributed by atoms with Gasteiger partial charge in [0.05, 0.1) is 26.7 Å². The van der Waals surface area contributed by atoms with E-state index in [4.69, 9.17) is 5.14 Å². The summed E-state index contributed by atoms with van der Waals surface area (Å²) >= 11 is 0. The van der Waals surface area contributed by atoms with Gasteiger partial charge >= 0.3 is 0 Å². The van der Waals surface area contributed by atoms with Gasteiger partial charge in [-0.1, -0.05) is 18.2 Å². The molecule has 2 aromatic carbocycles. The maximum Gasteiger partial charge on any atom is 0.240 e. The van der Waals surface area contributed by atoms with Crippen molar-refractivity contribution in [3.63, 3.8) is 0 Å². The van der Waals surface area contributed by atoms with E-state index in [1.807, 2.05) is 0 Å². The first-order chi connectivity index (χ1) is 16.2. The highest BCUT2D eigenvalue weighted by Gasteiger charge is 2.37. The molecule has 2 aromatic heterocycles. The van der Waals surface area contributed by atoms with Crippen molar-refractivity contribution < 1.29 is 21.9 Å². The third kappa shape index (κ3) is 3.67. The van der Waals surface area contributed by atoms with Crippen LogP contribution in [0.5, 0.6) is 0 Å². The van der Waals surface area contributed by atoms with Crippen molar-refractivity contribution in [1.29, 1.82) is 0 Å². The monoisotopic (exact) mass is 504 g/mol. The predicted molar refractivity (Wildman–Crippen MR) is 120 cm³/mol. The highest BCUT2D eigenvalue weighted by atomic mass is 32.2. The molecule has 4 aromatic rings. The van der Waals surface area contributed by atoms with Gasteiger partial charge in [-0.2, -0.15) is 5.21 Å². The van der Waals surface area contributed by atoms with Crippen molar-refractivity contribution in [3.8, 4) is 22.5 Å². The van der Waals surface area contributed by atoms with Crippen molar-refractivity contribution in [3.05, 3.63) is 36.2 Å². The van der Waals surface area contributed by atoms with E-state index >= 15 is 0 Å². The predicted octanol–water partition coefficient (Wildman–Crippen LogP) is -0.315. The molecule has 0 amide bonds. The number of aliphatic hydroxyl groups excluding tert-OH is 1. The summed E-state index contributed by atoms with van der Waals surface area (Å²) in [6.07, 6.45) is 0.336. The lowest BCUT2D eigenvalue weighted by atomic mass is 9.98. The van der Waals surface area contributed by atoms with Crippen LogP contribution < -0.4 is 10.5 Å². The van der Waals surface area contributed by atoms with Gasteiger partial charge in [0.1, 0.15) is 17.3 Å². The summed E-state index contributed by atoms with van der Waals surface area (Å²) in [6, 6.07) is 7.85. The zero-order chi connectivity index (χ0) is 24.1. The van der Waals surface area contributed by atoms with Crippen LogP contribution in [0.4, 0.5) is 0 Å². The molecule has 1 aliphatic rings. The fraction of sp³-hybridized carbons (Fsp3) is 0.263. The quantitative estimate of drug-likeness (QED) is 0.231. The Bertz CT molecular complexity index is 1590. The fourth-order valence-corrected chi connectivity index (χ4v) is 7.51. The standard InChI is InChI=1S/C19H20N8O5S2/c20-34(31,32)18-14(33(29,30)10-6-7-21-8-10)5-4-11(16(18)19-24-26-27-25-19)12-2-1-3-13-17(12)23-15(9-28)22-13/h1-5,10,21,28H,6-9H2,(H,22,23)(H2,20,31,32)(H,24,25,26,27)/t10-/m0/s1. The fourth-order valence-electron chi connectivity index (χ4n) is 4.24. The minimum Gasteiger partial charge on any atom is -0.388 e. The SMILES string of the molecule is NS(=O)(=O)c1c(S(=O)(=O)[C@H]2CCNC2)ccc(-c2cccc3nc(CO)[nH]c23)c1-c1nn[nH]n1. The van der Waals surface area contributed by atoms with Gasteiger partial charge in [-0.15, -0.1) is 10.2 Å². The summed E-state index contributed by atoms with van der Waals surface area (Å²) in [4.78, 5) is 6.27. The largest absolute Gasteiger partial charge is 0.388 e. The molecule has 0 saturated carbocycles. The molecule has 0 spiro atoms. The Hall–Kier alpha value is -3.24. The molecule has 15 heteroatoms. The lowest BCUT2D eigenvalue weighted by molar-refractivity contribution is 0.273. The molecule has 1 saturated heterocycles. The summed E-state index contributed by atoms with van der Waals surface area (Å²) in [7, 11) is -8.64. The number of hydrogen-bond donors (Lipinski definition) is 5. The number of H-pyrrole nitrogens is 2. The highest BCUT2D eigenvalue weighted by Crippen LogP contribution is 2.41. The van der Waals surface area contributed by atoms with E-state index in [2.05, 4.69) is 35.9 Å². The molecule has 0 radical (unpaired) electrons. The van der Waals surface area contributed by atoms with Crippen molar-refractivity contribution in [2.75, 3.05) is 13.1 Å². The first-order valence-electron chi connectivity index (χ1n) is 10.2. The molecule has 1 fully saturated rings. The molecular formula is C19H20N8O5S2. The third-order valence-electron chi connectivity index (χ3n) is 5.74. The van der Waals surface area contributed by atoms with Gasteiger partial charge in [0.25, 0.3) is 0 Å². The second-order valence-corrected chi connectivity index (χ2v) is 11.5. The maximum atomic E-state index is 13.5. The molecule has 3 heterocycles. The molecule has 13 nitrogen and oxygen atoms in total. The Morgan fingerprint density at radius 1 is 1.12 bits per heavy atom. The molecule has 1 atom stereocenters. The number of nitrogens with zero attached hydrogens (tertiary/aromatic N) is 4. The second-order valence-electron chi connectivity index (χ2n) is 7.80. The lowest BCUT2D eigenvalue weighted by Gasteiger charge is -2.18. The highest BCUT2D eigenvalue weighted by molar-refractivity contribution is 7.94. The van der Waals surface area contributed by atoms with Crippen molar-refractivity contribution in [1.82, 2.24) is 35.9 Å². The van der Waals surface area contributed by atoms with E-state index in [-0.39, 0.29) is 24.5 Å². The minimum absolute atomic E-state index is 0.101. The summed E-state index contributed by atoms with van der Waals surface area (Å²) < 4.78 is 52.7. The van der Waals surface area contributed by atoms with E-state index in [9.17, 15) is 21.9 Å².